The van der Waals surface area contributed by atoms with Crippen molar-refractivity contribution < 1.29 is 5.11 Å². The van der Waals surface area contributed by atoms with Crippen molar-refractivity contribution in [1.82, 2.24) is 10.6 Å². The molecule has 0 amide bonds. The number of rotatable bonds is 1. The molecule has 2 saturated heterocycles. The Morgan fingerprint density at radius 3 is 3.18 bits per heavy atom. The van der Waals surface area contributed by atoms with Crippen LogP contribution in [0.15, 0.2) is 0 Å². The smallest absolute Gasteiger partial charge is 0.166 e. The second kappa shape index (κ2) is 2.80. The molecule has 0 aromatic carbocycles. The van der Waals surface area contributed by atoms with Crippen LogP contribution < -0.4 is 10.6 Å². The first-order valence-electron chi connectivity index (χ1n) is 3.61. The van der Waals surface area contributed by atoms with Crippen molar-refractivity contribution in [2.45, 2.75) is 17.3 Å². The molecule has 0 bridgehead atoms. The second-order valence-corrected chi connectivity index (χ2v) is 4.48. The minimum Gasteiger partial charge on any atom is -0.395 e. The van der Waals surface area contributed by atoms with E-state index < -0.39 is 0 Å². The number of thioether (sulfide) groups is 1. The molecular weight excluding hydrogens is 180 g/mol. The molecule has 11 heavy (non-hydrogen) atoms. The zero-order valence-electron chi connectivity index (χ0n) is 5.91. The summed E-state index contributed by atoms with van der Waals surface area (Å²) in [7, 11) is 0. The first kappa shape index (κ1) is 7.64. The maximum Gasteiger partial charge on any atom is 0.166 e. The molecule has 3 atom stereocenters. The van der Waals surface area contributed by atoms with Gasteiger partial charge in [0.15, 0.2) is 5.11 Å². The predicted molar refractivity (Wildman–Crippen MR) is 49.8 cm³/mol. The standard InChI is InChI=1S/C6H10N2OS2/c9-1-4-5-3(2-11-4)7-6(10)8-5/h3-5,9H,1-2H2,(H2,7,8,10)/t3-,4-,5-/m0/s1. The van der Waals surface area contributed by atoms with Crippen LogP contribution in [-0.2, 0) is 0 Å². The lowest BCUT2D eigenvalue weighted by Gasteiger charge is -2.13. The van der Waals surface area contributed by atoms with Crippen molar-refractivity contribution in [3.63, 3.8) is 0 Å². The van der Waals surface area contributed by atoms with Gasteiger partial charge in [-0.15, -0.1) is 0 Å². The van der Waals surface area contributed by atoms with Gasteiger partial charge in [-0.25, -0.2) is 0 Å². The summed E-state index contributed by atoms with van der Waals surface area (Å²) in [6.07, 6.45) is 0. The van der Waals surface area contributed by atoms with Crippen LogP contribution in [0.3, 0.4) is 0 Å². The fourth-order valence-corrected chi connectivity index (χ4v) is 3.15. The van der Waals surface area contributed by atoms with Gasteiger partial charge in [0.1, 0.15) is 0 Å². The SMILES string of the molecule is OC[C@@H]1SC[C@@H]2NC(=S)N[C@@H]21. The van der Waals surface area contributed by atoms with E-state index in [0.29, 0.717) is 17.3 Å². The maximum absolute atomic E-state index is 8.97. The Morgan fingerprint density at radius 1 is 1.64 bits per heavy atom. The monoisotopic (exact) mass is 190 g/mol. The molecule has 0 saturated carbocycles. The fraction of sp³-hybridized carbons (Fsp3) is 0.833. The van der Waals surface area contributed by atoms with E-state index in [-0.39, 0.29) is 6.61 Å². The summed E-state index contributed by atoms with van der Waals surface area (Å²) in [6, 6.07) is 0.780. The summed E-state index contributed by atoms with van der Waals surface area (Å²) in [5, 5.41) is 16.3. The molecule has 0 spiro atoms. The molecule has 0 radical (unpaired) electrons. The van der Waals surface area contributed by atoms with Gasteiger partial charge in [-0.05, 0) is 12.2 Å². The van der Waals surface area contributed by atoms with E-state index in [1.807, 2.05) is 0 Å². The van der Waals surface area contributed by atoms with Crippen LogP contribution in [0, 0.1) is 0 Å². The normalized spacial score (nSPS) is 41.5. The molecule has 0 aromatic heterocycles. The molecule has 2 heterocycles. The van der Waals surface area contributed by atoms with Gasteiger partial charge < -0.3 is 15.7 Å². The summed E-state index contributed by atoms with van der Waals surface area (Å²) >= 11 is 6.76. The zero-order valence-corrected chi connectivity index (χ0v) is 7.54. The lowest BCUT2D eigenvalue weighted by molar-refractivity contribution is 0.279. The Kier molecular flexibility index (Phi) is 1.95. The average Bonchev–Trinajstić information content (AvgIpc) is 2.45. The number of aliphatic hydroxyl groups excluding tert-OH is 1. The molecule has 2 aliphatic heterocycles. The van der Waals surface area contributed by atoms with E-state index >= 15 is 0 Å². The van der Waals surface area contributed by atoms with Gasteiger partial charge in [0, 0.05) is 5.75 Å². The van der Waals surface area contributed by atoms with Gasteiger partial charge in [-0.1, -0.05) is 0 Å². The minimum atomic E-state index is 0.239. The van der Waals surface area contributed by atoms with Gasteiger partial charge in [-0.3, -0.25) is 0 Å². The highest BCUT2D eigenvalue weighted by atomic mass is 32.2. The third kappa shape index (κ3) is 1.21. The Labute approximate surface area is 74.9 Å². The largest absolute Gasteiger partial charge is 0.395 e. The van der Waals surface area contributed by atoms with Crippen LogP contribution >= 0.6 is 24.0 Å². The lowest BCUT2D eigenvalue weighted by Crippen LogP contribution is -2.38. The molecule has 0 aliphatic carbocycles. The molecule has 2 aliphatic rings. The third-order valence-corrected chi connectivity index (χ3v) is 3.78. The van der Waals surface area contributed by atoms with Crippen molar-refractivity contribution in [3.05, 3.63) is 0 Å². The molecule has 2 rings (SSSR count). The maximum atomic E-state index is 8.97. The molecule has 62 valence electrons. The quantitative estimate of drug-likeness (QED) is 0.478. The number of hydrogen-bond acceptors (Lipinski definition) is 3. The van der Waals surface area contributed by atoms with Crippen LogP contribution in [0.1, 0.15) is 0 Å². The van der Waals surface area contributed by atoms with Gasteiger partial charge in [0.2, 0.25) is 0 Å². The molecule has 3 N–H and O–H groups in total. The highest BCUT2D eigenvalue weighted by molar-refractivity contribution is 8.00. The number of fused-ring (bicyclic) bond motifs is 1. The molecule has 0 unspecified atom stereocenters. The summed E-state index contributed by atoms with van der Waals surface area (Å²) in [4.78, 5) is 0. The van der Waals surface area contributed by atoms with E-state index in [1.54, 1.807) is 11.8 Å². The molecular formula is C6H10N2OS2. The van der Waals surface area contributed by atoms with Crippen LogP contribution in [-0.4, -0.2) is 39.9 Å². The fourth-order valence-electron chi connectivity index (χ4n) is 1.55. The number of nitrogens with one attached hydrogen (secondary N) is 2. The van der Waals surface area contributed by atoms with Crippen molar-refractivity contribution in [2.24, 2.45) is 0 Å². The number of aliphatic hydroxyl groups is 1. The summed E-state index contributed by atoms with van der Waals surface area (Å²) in [5.41, 5.74) is 0. The molecule has 3 nitrogen and oxygen atoms in total. The number of hydrogen-bond donors (Lipinski definition) is 3. The van der Waals surface area contributed by atoms with Crippen LogP contribution in [0.5, 0.6) is 0 Å². The van der Waals surface area contributed by atoms with Gasteiger partial charge >= 0.3 is 0 Å². The topological polar surface area (TPSA) is 44.3 Å². The minimum absolute atomic E-state index is 0.239. The first-order chi connectivity index (χ1) is 5.31. The van der Waals surface area contributed by atoms with E-state index in [4.69, 9.17) is 17.3 Å². The van der Waals surface area contributed by atoms with Crippen molar-refractivity contribution in [3.8, 4) is 0 Å². The highest BCUT2D eigenvalue weighted by Gasteiger charge is 2.41. The second-order valence-electron chi connectivity index (χ2n) is 2.80. The van der Waals surface area contributed by atoms with Gasteiger partial charge in [-0.2, -0.15) is 11.8 Å². The summed E-state index contributed by atoms with van der Waals surface area (Å²) in [5.74, 6) is 1.04. The number of thiocarbonyl (C=S) groups is 1. The highest BCUT2D eigenvalue weighted by Crippen LogP contribution is 2.29. The summed E-state index contributed by atoms with van der Waals surface area (Å²) < 4.78 is 0. The summed E-state index contributed by atoms with van der Waals surface area (Å²) in [6.45, 7) is 0.239. The van der Waals surface area contributed by atoms with Crippen LogP contribution in [0.25, 0.3) is 0 Å². The van der Waals surface area contributed by atoms with Crippen molar-refractivity contribution >= 4 is 29.1 Å². The predicted octanol–water partition coefficient (Wildman–Crippen LogP) is -0.691. The Balaban J connectivity index is 2.07. The Bertz CT molecular complexity index is 187. The van der Waals surface area contributed by atoms with Crippen LogP contribution in [0.2, 0.25) is 0 Å². The Hall–Kier alpha value is -0.0000000000000000278. The van der Waals surface area contributed by atoms with Crippen molar-refractivity contribution in [1.29, 1.82) is 0 Å². The van der Waals surface area contributed by atoms with E-state index in [9.17, 15) is 0 Å². The van der Waals surface area contributed by atoms with Crippen LogP contribution in [0.4, 0.5) is 0 Å². The average molecular weight is 190 g/mol. The van der Waals surface area contributed by atoms with Gasteiger partial charge in [0.05, 0.1) is 23.9 Å². The third-order valence-electron chi connectivity index (χ3n) is 2.12. The first-order valence-corrected chi connectivity index (χ1v) is 5.06. The molecule has 2 fully saturated rings. The van der Waals surface area contributed by atoms with E-state index in [0.717, 1.165) is 10.9 Å². The van der Waals surface area contributed by atoms with E-state index in [1.165, 1.54) is 0 Å². The molecule has 0 aromatic rings. The molecule has 5 heteroatoms. The lowest BCUT2D eigenvalue weighted by atomic mass is 10.1. The van der Waals surface area contributed by atoms with E-state index in [2.05, 4.69) is 10.6 Å². The zero-order chi connectivity index (χ0) is 7.84. The van der Waals surface area contributed by atoms with Gasteiger partial charge in [0.25, 0.3) is 0 Å². The van der Waals surface area contributed by atoms with Crippen molar-refractivity contribution in [2.75, 3.05) is 12.4 Å². The Morgan fingerprint density at radius 2 is 2.45 bits per heavy atom.